The largest absolute Gasteiger partial charge is 0.385 e. The number of halogens is 12. The van der Waals surface area contributed by atoms with E-state index in [0.717, 1.165) is 18.2 Å². The standard InChI is InChI=1S/C15H10BrF11O/c1-9(28,7-4-2-3-5-8(7)16)6-10(17)11(18,19)13(22,23)15(26,27)14(24,25)12(10,20)21/h2-5,28H,6H2,1H3. The van der Waals surface area contributed by atoms with Gasteiger partial charge in [0.15, 0.2) is 0 Å². The Morgan fingerprint density at radius 1 is 0.750 bits per heavy atom. The van der Waals surface area contributed by atoms with Crippen LogP contribution in [0.1, 0.15) is 18.9 Å². The molecule has 1 N–H and O–H groups in total. The lowest BCUT2D eigenvalue weighted by molar-refractivity contribution is -0.488. The third-order valence-corrected chi connectivity index (χ3v) is 5.31. The van der Waals surface area contributed by atoms with Crippen LogP contribution in [0.2, 0.25) is 0 Å². The first kappa shape index (κ1) is 23.2. The van der Waals surface area contributed by atoms with Gasteiger partial charge in [-0.25, -0.2) is 4.39 Å². The maximum Gasteiger partial charge on any atom is 0.384 e. The summed E-state index contributed by atoms with van der Waals surface area (Å²) in [6.07, 6.45) is -2.75. The highest BCUT2D eigenvalue weighted by atomic mass is 79.9. The average Bonchev–Trinajstić information content (AvgIpc) is 2.52. The highest BCUT2D eigenvalue weighted by Crippen LogP contribution is 2.71. The summed E-state index contributed by atoms with van der Waals surface area (Å²) in [5.74, 6) is -35.6. The van der Waals surface area contributed by atoms with Gasteiger partial charge in [-0.1, -0.05) is 34.1 Å². The van der Waals surface area contributed by atoms with Crippen molar-refractivity contribution in [3.05, 3.63) is 34.3 Å². The highest BCUT2D eigenvalue weighted by molar-refractivity contribution is 9.10. The van der Waals surface area contributed by atoms with Crippen molar-refractivity contribution in [1.82, 2.24) is 0 Å². The van der Waals surface area contributed by atoms with Gasteiger partial charge in [0.05, 0.1) is 5.60 Å². The molecule has 0 aliphatic heterocycles. The second kappa shape index (κ2) is 5.96. The Hall–Kier alpha value is -1.11. The molecule has 1 aliphatic rings. The topological polar surface area (TPSA) is 20.2 Å². The van der Waals surface area contributed by atoms with Crippen LogP contribution >= 0.6 is 15.9 Å². The number of hydrogen-bond acceptors (Lipinski definition) is 1. The third kappa shape index (κ3) is 2.47. The summed E-state index contributed by atoms with van der Waals surface area (Å²) < 4.78 is 151. The zero-order valence-electron chi connectivity index (χ0n) is 13.5. The van der Waals surface area contributed by atoms with E-state index in [1.54, 1.807) is 0 Å². The molecule has 0 bridgehead atoms. The van der Waals surface area contributed by atoms with E-state index in [2.05, 4.69) is 15.9 Å². The van der Waals surface area contributed by atoms with Crippen molar-refractivity contribution in [2.45, 2.75) is 54.2 Å². The second-order valence-electron chi connectivity index (χ2n) is 6.60. The molecule has 1 atom stereocenters. The first-order valence-corrected chi connectivity index (χ1v) is 8.07. The zero-order valence-corrected chi connectivity index (χ0v) is 15.1. The number of rotatable bonds is 3. The molecule has 28 heavy (non-hydrogen) atoms. The summed E-state index contributed by atoms with van der Waals surface area (Å²) in [4.78, 5) is 0. The van der Waals surface area contributed by atoms with Crippen molar-refractivity contribution in [2.24, 2.45) is 0 Å². The molecule has 1 aromatic carbocycles. The Balaban J connectivity index is 2.74. The molecule has 2 rings (SSSR count). The van der Waals surface area contributed by atoms with Crippen LogP contribution in [0.4, 0.5) is 48.3 Å². The third-order valence-electron chi connectivity index (χ3n) is 4.61. The SMILES string of the molecule is CC(O)(CC1(F)C(F)(F)C(F)(F)C(F)(F)C(F)(F)C1(F)F)c1ccccc1Br. The van der Waals surface area contributed by atoms with E-state index in [9.17, 15) is 53.4 Å². The number of benzene rings is 1. The van der Waals surface area contributed by atoms with Crippen molar-refractivity contribution in [2.75, 3.05) is 0 Å². The minimum atomic E-state index is -7.28. The number of alkyl halides is 11. The molecular weight excluding hydrogens is 485 g/mol. The molecule has 1 nitrogen and oxygen atoms in total. The van der Waals surface area contributed by atoms with E-state index >= 15 is 0 Å². The fraction of sp³-hybridized carbons (Fsp3) is 0.600. The van der Waals surface area contributed by atoms with Gasteiger partial charge < -0.3 is 5.11 Å². The summed E-state index contributed by atoms with van der Waals surface area (Å²) >= 11 is 2.76. The van der Waals surface area contributed by atoms with E-state index in [1.807, 2.05) is 0 Å². The van der Waals surface area contributed by atoms with Crippen LogP contribution in [0.15, 0.2) is 28.7 Å². The van der Waals surface area contributed by atoms with Crippen LogP contribution in [0.5, 0.6) is 0 Å². The minimum Gasteiger partial charge on any atom is -0.385 e. The summed E-state index contributed by atoms with van der Waals surface area (Å²) in [5.41, 5.74) is -10.0. The molecule has 0 spiro atoms. The van der Waals surface area contributed by atoms with Gasteiger partial charge in [0.1, 0.15) is 0 Å². The number of hydrogen-bond donors (Lipinski definition) is 1. The summed E-state index contributed by atoms with van der Waals surface area (Å²) in [5, 5.41) is 10.2. The van der Waals surface area contributed by atoms with E-state index in [4.69, 9.17) is 0 Å². The smallest absolute Gasteiger partial charge is 0.384 e. The molecule has 0 heterocycles. The highest BCUT2D eigenvalue weighted by Gasteiger charge is 3.01. The summed E-state index contributed by atoms with van der Waals surface area (Å²) in [7, 11) is 0. The van der Waals surface area contributed by atoms with Crippen LogP contribution in [0, 0.1) is 0 Å². The quantitative estimate of drug-likeness (QED) is 0.515. The average molecular weight is 495 g/mol. The lowest BCUT2D eigenvalue weighted by Gasteiger charge is -2.53. The first-order valence-electron chi connectivity index (χ1n) is 7.28. The predicted octanol–water partition coefficient (Wildman–Crippen LogP) is 5.95. The van der Waals surface area contributed by atoms with Crippen LogP contribution < -0.4 is 0 Å². The Bertz CT molecular complexity index is 745. The fourth-order valence-corrected chi connectivity index (χ4v) is 3.69. The zero-order chi connectivity index (χ0) is 22.2. The maximum atomic E-state index is 14.8. The molecule has 1 saturated carbocycles. The molecule has 0 amide bonds. The molecule has 1 fully saturated rings. The Kier molecular flexibility index (Phi) is 4.93. The van der Waals surface area contributed by atoms with Crippen LogP contribution in [-0.2, 0) is 5.60 Å². The van der Waals surface area contributed by atoms with Crippen molar-refractivity contribution in [3.63, 3.8) is 0 Å². The van der Waals surface area contributed by atoms with E-state index in [0.29, 0.717) is 6.92 Å². The van der Waals surface area contributed by atoms with Crippen molar-refractivity contribution < 1.29 is 53.4 Å². The molecule has 13 heteroatoms. The van der Waals surface area contributed by atoms with Gasteiger partial charge in [0, 0.05) is 10.9 Å². The normalized spacial score (nSPS) is 28.4. The van der Waals surface area contributed by atoms with Gasteiger partial charge in [0.2, 0.25) is 0 Å². The van der Waals surface area contributed by atoms with Crippen molar-refractivity contribution in [3.8, 4) is 0 Å². The van der Waals surface area contributed by atoms with Crippen LogP contribution in [-0.4, -0.2) is 40.4 Å². The number of aliphatic hydroxyl groups is 1. The summed E-state index contributed by atoms with van der Waals surface area (Å²) in [6, 6.07) is 4.37. The molecular formula is C15H10BrF11O. The van der Waals surface area contributed by atoms with Gasteiger partial charge in [-0.2, -0.15) is 43.9 Å². The Morgan fingerprint density at radius 3 is 1.50 bits per heavy atom. The minimum absolute atomic E-state index is 0.199. The first-order chi connectivity index (χ1) is 12.2. The van der Waals surface area contributed by atoms with E-state index < -0.39 is 52.9 Å². The maximum absolute atomic E-state index is 14.8. The molecule has 1 unspecified atom stereocenters. The van der Waals surface area contributed by atoms with Gasteiger partial charge in [-0.15, -0.1) is 0 Å². The van der Waals surface area contributed by atoms with E-state index in [-0.39, 0.29) is 4.47 Å². The predicted molar refractivity (Wildman–Crippen MR) is 76.9 cm³/mol. The molecule has 0 aromatic heterocycles. The lowest BCUT2D eigenvalue weighted by atomic mass is 9.67. The van der Waals surface area contributed by atoms with Gasteiger partial charge in [0.25, 0.3) is 5.67 Å². The summed E-state index contributed by atoms with van der Waals surface area (Å²) in [6.45, 7) is 0.406. The second-order valence-corrected chi connectivity index (χ2v) is 7.46. The fourth-order valence-electron chi connectivity index (χ4n) is 2.98. The molecule has 0 radical (unpaired) electrons. The van der Waals surface area contributed by atoms with Crippen molar-refractivity contribution >= 4 is 15.9 Å². The van der Waals surface area contributed by atoms with Crippen LogP contribution in [0.25, 0.3) is 0 Å². The Labute approximate surface area is 158 Å². The Morgan fingerprint density at radius 2 is 1.11 bits per heavy atom. The van der Waals surface area contributed by atoms with Gasteiger partial charge in [-0.05, 0) is 18.6 Å². The lowest BCUT2D eigenvalue weighted by Crippen LogP contribution is -2.84. The molecule has 160 valence electrons. The molecule has 1 aromatic rings. The molecule has 0 saturated heterocycles. The van der Waals surface area contributed by atoms with Crippen molar-refractivity contribution in [1.29, 1.82) is 0 Å². The van der Waals surface area contributed by atoms with E-state index in [1.165, 1.54) is 6.07 Å². The molecule has 1 aliphatic carbocycles. The monoisotopic (exact) mass is 494 g/mol. The van der Waals surface area contributed by atoms with Gasteiger partial charge >= 0.3 is 29.6 Å². The van der Waals surface area contributed by atoms with Gasteiger partial charge in [-0.3, -0.25) is 0 Å². The van der Waals surface area contributed by atoms with Crippen LogP contribution in [0.3, 0.4) is 0 Å².